The lowest BCUT2D eigenvalue weighted by atomic mass is 10.0. The highest BCUT2D eigenvalue weighted by molar-refractivity contribution is 5.73. The summed E-state index contributed by atoms with van der Waals surface area (Å²) in [4.78, 5) is 11.1. The average molecular weight is 267 g/mol. The number of ether oxygens (including phenoxy) is 2. The molecule has 1 rings (SSSR count). The molecule has 1 aromatic carbocycles. The Balaban J connectivity index is 2.78. The second-order valence-corrected chi connectivity index (χ2v) is 4.66. The van der Waals surface area contributed by atoms with E-state index in [0.29, 0.717) is 18.0 Å². The number of hydrogen-bond acceptors (Lipinski definition) is 4. The van der Waals surface area contributed by atoms with Crippen molar-refractivity contribution in [2.24, 2.45) is 5.92 Å². The van der Waals surface area contributed by atoms with Crippen molar-refractivity contribution in [3.8, 4) is 11.5 Å². The molecule has 5 nitrogen and oxygen atoms in total. The van der Waals surface area contributed by atoms with Crippen molar-refractivity contribution in [2.75, 3.05) is 14.2 Å². The highest BCUT2D eigenvalue weighted by Gasteiger charge is 2.20. The van der Waals surface area contributed by atoms with E-state index in [-0.39, 0.29) is 5.92 Å². The molecule has 0 aliphatic rings. The quantitative estimate of drug-likeness (QED) is 0.789. The van der Waals surface area contributed by atoms with Gasteiger partial charge in [0.15, 0.2) is 0 Å². The predicted molar refractivity (Wildman–Crippen MR) is 72.6 cm³/mol. The number of methoxy groups -OCH3 is 2. The topological polar surface area (TPSA) is 67.8 Å². The summed E-state index contributed by atoms with van der Waals surface area (Å²) in [5.41, 5.74) is 0.920. The third kappa shape index (κ3) is 4.44. The molecule has 0 bridgehead atoms. The van der Waals surface area contributed by atoms with Crippen molar-refractivity contribution in [1.29, 1.82) is 0 Å². The lowest BCUT2D eigenvalue weighted by molar-refractivity contribution is -0.140. The van der Waals surface area contributed by atoms with Crippen LogP contribution in [0.4, 0.5) is 0 Å². The molecule has 0 saturated heterocycles. The summed E-state index contributed by atoms with van der Waals surface area (Å²) >= 11 is 0. The zero-order chi connectivity index (χ0) is 14.4. The first-order valence-corrected chi connectivity index (χ1v) is 6.16. The fourth-order valence-corrected chi connectivity index (χ4v) is 1.80. The van der Waals surface area contributed by atoms with Gasteiger partial charge < -0.3 is 19.9 Å². The summed E-state index contributed by atoms with van der Waals surface area (Å²) in [6.07, 6.45) is 0. The maximum atomic E-state index is 11.1. The van der Waals surface area contributed by atoms with Crippen molar-refractivity contribution in [2.45, 2.75) is 26.4 Å². The summed E-state index contributed by atoms with van der Waals surface area (Å²) < 4.78 is 10.3. The SMILES string of the molecule is COc1cc(CN[C@H](C(=O)O)C(C)C)cc(OC)c1. The predicted octanol–water partition coefficient (Wildman–Crippen LogP) is 1.90. The van der Waals surface area contributed by atoms with Crippen LogP contribution in [0.25, 0.3) is 0 Å². The fraction of sp³-hybridized carbons (Fsp3) is 0.500. The number of carboxylic acids is 1. The molecule has 0 radical (unpaired) electrons. The molecular weight excluding hydrogens is 246 g/mol. The molecule has 0 aromatic heterocycles. The van der Waals surface area contributed by atoms with E-state index >= 15 is 0 Å². The van der Waals surface area contributed by atoms with Gasteiger partial charge in [0.1, 0.15) is 17.5 Å². The second-order valence-electron chi connectivity index (χ2n) is 4.66. The van der Waals surface area contributed by atoms with Gasteiger partial charge in [-0.05, 0) is 23.6 Å². The van der Waals surface area contributed by atoms with Crippen LogP contribution in [0.1, 0.15) is 19.4 Å². The molecule has 0 spiro atoms. The minimum absolute atomic E-state index is 0.0185. The van der Waals surface area contributed by atoms with E-state index in [0.717, 1.165) is 5.56 Å². The largest absolute Gasteiger partial charge is 0.497 e. The number of hydrogen-bond donors (Lipinski definition) is 2. The lowest BCUT2D eigenvalue weighted by Crippen LogP contribution is -2.40. The molecule has 1 atom stereocenters. The van der Waals surface area contributed by atoms with Gasteiger partial charge in [0.25, 0.3) is 0 Å². The number of nitrogens with one attached hydrogen (secondary N) is 1. The van der Waals surface area contributed by atoms with Crippen molar-refractivity contribution in [3.63, 3.8) is 0 Å². The van der Waals surface area contributed by atoms with E-state index in [9.17, 15) is 4.79 Å². The van der Waals surface area contributed by atoms with Crippen molar-refractivity contribution < 1.29 is 19.4 Å². The van der Waals surface area contributed by atoms with E-state index < -0.39 is 12.0 Å². The normalized spacial score (nSPS) is 12.3. The highest BCUT2D eigenvalue weighted by Crippen LogP contribution is 2.22. The second kappa shape index (κ2) is 6.99. The number of aliphatic carboxylic acids is 1. The van der Waals surface area contributed by atoms with E-state index in [1.165, 1.54) is 0 Å². The maximum Gasteiger partial charge on any atom is 0.320 e. The Hall–Kier alpha value is -1.75. The number of rotatable bonds is 7. The van der Waals surface area contributed by atoms with E-state index in [1.54, 1.807) is 20.3 Å². The van der Waals surface area contributed by atoms with E-state index in [4.69, 9.17) is 14.6 Å². The Morgan fingerprint density at radius 1 is 1.21 bits per heavy atom. The monoisotopic (exact) mass is 267 g/mol. The minimum atomic E-state index is -0.843. The molecule has 106 valence electrons. The summed E-state index contributed by atoms with van der Waals surface area (Å²) in [5, 5.41) is 12.1. The van der Waals surface area contributed by atoms with Crippen LogP contribution in [0, 0.1) is 5.92 Å². The summed E-state index contributed by atoms with van der Waals surface area (Å²) in [7, 11) is 3.17. The Kier molecular flexibility index (Phi) is 5.63. The third-order valence-electron chi connectivity index (χ3n) is 2.87. The summed E-state index contributed by atoms with van der Waals surface area (Å²) in [6, 6.07) is 4.92. The van der Waals surface area contributed by atoms with Crippen LogP contribution < -0.4 is 14.8 Å². The van der Waals surface area contributed by atoms with Gasteiger partial charge in [0.2, 0.25) is 0 Å². The molecule has 0 amide bonds. The number of benzene rings is 1. The Morgan fingerprint density at radius 3 is 2.11 bits per heavy atom. The molecule has 0 fully saturated rings. The zero-order valence-electron chi connectivity index (χ0n) is 11.8. The van der Waals surface area contributed by atoms with Crippen LogP contribution in [0.5, 0.6) is 11.5 Å². The van der Waals surface area contributed by atoms with Gasteiger partial charge in [-0.2, -0.15) is 0 Å². The molecular formula is C14H21NO4. The Morgan fingerprint density at radius 2 is 1.74 bits per heavy atom. The standard InChI is InChI=1S/C14H21NO4/c1-9(2)13(14(16)17)15-8-10-5-11(18-3)7-12(6-10)19-4/h5-7,9,13,15H,8H2,1-4H3,(H,16,17)/t13-/m0/s1. The van der Waals surface area contributed by atoms with Crippen LogP contribution in [0.2, 0.25) is 0 Å². The molecule has 5 heteroatoms. The smallest absolute Gasteiger partial charge is 0.320 e. The Labute approximate surface area is 113 Å². The maximum absolute atomic E-state index is 11.1. The van der Waals surface area contributed by atoms with Gasteiger partial charge >= 0.3 is 5.97 Å². The molecule has 19 heavy (non-hydrogen) atoms. The number of carboxylic acid groups (broad SMARTS) is 1. The molecule has 0 aliphatic carbocycles. The van der Waals surface area contributed by atoms with Gasteiger partial charge in [-0.1, -0.05) is 13.8 Å². The van der Waals surface area contributed by atoms with Crippen LogP contribution in [0.3, 0.4) is 0 Å². The lowest BCUT2D eigenvalue weighted by Gasteiger charge is -2.18. The Bertz CT molecular complexity index is 409. The molecule has 0 heterocycles. The van der Waals surface area contributed by atoms with Gasteiger partial charge in [-0.3, -0.25) is 4.79 Å². The molecule has 0 aliphatic heterocycles. The third-order valence-corrected chi connectivity index (χ3v) is 2.87. The van der Waals surface area contributed by atoms with E-state index in [2.05, 4.69) is 5.32 Å². The first-order valence-electron chi connectivity index (χ1n) is 6.16. The molecule has 0 saturated carbocycles. The molecule has 1 aromatic rings. The first kappa shape index (κ1) is 15.3. The van der Waals surface area contributed by atoms with Gasteiger partial charge in [-0.25, -0.2) is 0 Å². The first-order chi connectivity index (χ1) is 8.97. The fourth-order valence-electron chi connectivity index (χ4n) is 1.80. The van der Waals surface area contributed by atoms with E-state index in [1.807, 2.05) is 26.0 Å². The van der Waals surface area contributed by atoms with Crippen LogP contribution in [-0.2, 0) is 11.3 Å². The van der Waals surface area contributed by atoms with Crippen LogP contribution in [-0.4, -0.2) is 31.3 Å². The van der Waals surface area contributed by atoms with Crippen LogP contribution >= 0.6 is 0 Å². The zero-order valence-corrected chi connectivity index (χ0v) is 11.8. The van der Waals surface area contributed by atoms with Gasteiger partial charge in [0.05, 0.1) is 14.2 Å². The minimum Gasteiger partial charge on any atom is -0.497 e. The molecule has 2 N–H and O–H groups in total. The average Bonchev–Trinajstić information content (AvgIpc) is 2.37. The van der Waals surface area contributed by atoms with Crippen molar-refractivity contribution >= 4 is 5.97 Å². The van der Waals surface area contributed by atoms with Gasteiger partial charge in [-0.15, -0.1) is 0 Å². The number of carbonyl (C=O) groups is 1. The van der Waals surface area contributed by atoms with Crippen molar-refractivity contribution in [1.82, 2.24) is 5.32 Å². The van der Waals surface area contributed by atoms with Crippen LogP contribution in [0.15, 0.2) is 18.2 Å². The summed E-state index contributed by atoms with van der Waals surface area (Å²) in [5.74, 6) is 0.551. The van der Waals surface area contributed by atoms with Gasteiger partial charge in [0, 0.05) is 12.6 Å². The highest BCUT2D eigenvalue weighted by atomic mass is 16.5. The van der Waals surface area contributed by atoms with Crippen molar-refractivity contribution in [3.05, 3.63) is 23.8 Å². The summed E-state index contributed by atoms with van der Waals surface area (Å²) in [6.45, 7) is 4.19. The molecule has 0 unspecified atom stereocenters.